The predicted octanol–water partition coefficient (Wildman–Crippen LogP) is 4.32. The number of nitro benzene ring substituents is 1. The number of hydrogen-bond acceptors (Lipinski definition) is 5. The standard InChI is InChI=1S/C21H21N3O4/c1-4-20-14(2)22-23(15(20)3)19-7-5-6-17(12-19)21(25)28-13-16-8-10-18(11-9-16)24(26)27/h5-12H,4,13H2,1-3H3. The zero-order valence-corrected chi connectivity index (χ0v) is 16.0. The van der Waals surface area contributed by atoms with Crippen molar-refractivity contribution in [3.63, 3.8) is 0 Å². The van der Waals surface area contributed by atoms with E-state index in [2.05, 4.69) is 12.0 Å². The largest absolute Gasteiger partial charge is 0.457 e. The maximum Gasteiger partial charge on any atom is 0.338 e. The second kappa shape index (κ2) is 8.04. The van der Waals surface area contributed by atoms with Gasteiger partial charge in [0.1, 0.15) is 6.61 Å². The van der Waals surface area contributed by atoms with E-state index >= 15 is 0 Å². The Labute approximate surface area is 162 Å². The van der Waals surface area contributed by atoms with E-state index in [0.717, 1.165) is 23.5 Å². The molecule has 0 aliphatic rings. The van der Waals surface area contributed by atoms with Crippen LogP contribution in [0.15, 0.2) is 48.5 Å². The molecule has 0 amide bonds. The average molecular weight is 379 g/mol. The molecule has 0 spiro atoms. The van der Waals surface area contributed by atoms with E-state index in [-0.39, 0.29) is 12.3 Å². The maximum absolute atomic E-state index is 12.4. The summed E-state index contributed by atoms with van der Waals surface area (Å²) in [4.78, 5) is 22.7. The number of rotatable bonds is 6. The maximum atomic E-state index is 12.4. The number of nitrogens with zero attached hydrogens (tertiary/aromatic N) is 3. The first-order valence-corrected chi connectivity index (χ1v) is 8.96. The fourth-order valence-electron chi connectivity index (χ4n) is 3.15. The summed E-state index contributed by atoms with van der Waals surface area (Å²) < 4.78 is 7.18. The Bertz CT molecular complexity index is 1020. The highest BCUT2D eigenvalue weighted by molar-refractivity contribution is 5.90. The van der Waals surface area contributed by atoms with E-state index in [1.165, 1.54) is 17.7 Å². The SMILES string of the molecule is CCc1c(C)nn(-c2cccc(C(=O)OCc3ccc([N+](=O)[O-])cc3)c2)c1C. The third kappa shape index (κ3) is 3.93. The molecule has 0 bridgehead atoms. The van der Waals surface area contributed by atoms with Crippen LogP contribution < -0.4 is 0 Å². The first-order chi connectivity index (χ1) is 13.4. The number of aromatic nitrogens is 2. The summed E-state index contributed by atoms with van der Waals surface area (Å²) in [6, 6.07) is 13.0. The third-order valence-electron chi connectivity index (χ3n) is 4.64. The van der Waals surface area contributed by atoms with Gasteiger partial charge < -0.3 is 4.74 Å². The lowest BCUT2D eigenvalue weighted by atomic mass is 10.1. The molecular weight excluding hydrogens is 358 g/mol. The van der Waals surface area contributed by atoms with Gasteiger partial charge in [-0.3, -0.25) is 10.1 Å². The molecule has 0 aliphatic carbocycles. The van der Waals surface area contributed by atoms with E-state index in [9.17, 15) is 14.9 Å². The number of nitro groups is 1. The molecule has 1 aromatic heterocycles. The van der Waals surface area contributed by atoms with Crippen LogP contribution in [0.3, 0.4) is 0 Å². The van der Waals surface area contributed by atoms with Crippen LogP contribution in [-0.4, -0.2) is 20.7 Å². The average Bonchev–Trinajstić information content (AvgIpc) is 2.99. The van der Waals surface area contributed by atoms with Gasteiger partial charge in [0, 0.05) is 17.8 Å². The number of aryl methyl sites for hydroxylation is 1. The van der Waals surface area contributed by atoms with Crippen LogP contribution in [-0.2, 0) is 17.8 Å². The van der Waals surface area contributed by atoms with Crippen molar-refractivity contribution < 1.29 is 14.5 Å². The number of carbonyl (C=O) groups excluding carboxylic acids is 1. The van der Waals surface area contributed by atoms with Gasteiger partial charge in [-0.15, -0.1) is 0 Å². The summed E-state index contributed by atoms with van der Waals surface area (Å²) in [5, 5.41) is 15.3. The second-order valence-electron chi connectivity index (χ2n) is 6.46. The van der Waals surface area contributed by atoms with Crippen molar-refractivity contribution in [1.29, 1.82) is 0 Å². The van der Waals surface area contributed by atoms with Gasteiger partial charge in [0.25, 0.3) is 5.69 Å². The molecule has 1 heterocycles. The fraction of sp³-hybridized carbons (Fsp3) is 0.238. The smallest absolute Gasteiger partial charge is 0.338 e. The zero-order chi connectivity index (χ0) is 20.3. The Balaban J connectivity index is 1.74. The van der Waals surface area contributed by atoms with Crippen LogP contribution in [0.5, 0.6) is 0 Å². The fourth-order valence-corrected chi connectivity index (χ4v) is 3.15. The number of ether oxygens (including phenoxy) is 1. The van der Waals surface area contributed by atoms with Gasteiger partial charge in [-0.1, -0.05) is 13.0 Å². The molecule has 0 saturated heterocycles. The summed E-state index contributed by atoms with van der Waals surface area (Å²) in [5.41, 5.74) is 5.13. The normalized spacial score (nSPS) is 10.7. The van der Waals surface area contributed by atoms with E-state index in [1.807, 2.05) is 24.6 Å². The van der Waals surface area contributed by atoms with E-state index < -0.39 is 10.9 Å². The molecule has 0 radical (unpaired) electrons. The van der Waals surface area contributed by atoms with Crippen molar-refractivity contribution in [3.05, 3.63) is 86.7 Å². The Morgan fingerprint density at radius 1 is 1.18 bits per heavy atom. The molecule has 7 heteroatoms. The van der Waals surface area contributed by atoms with Crippen LogP contribution >= 0.6 is 0 Å². The summed E-state index contributed by atoms with van der Waals surface area (Å²) >= 11 is 0. The van der Waals surface area contributed by atoms with E-state index in [0.29, 0.717) is 11.1 Å². The molecule has 0 unspecified atom stereocenters. The number of benzene rings is 2. The molecule has 7 nitrogen and oxygen atoms in total. The van der Waals surface area contributed by atoms with Crippen LogP contribution in [0.1, 0.15) is 39.8 Å². The molecule has 3 rings (SSSR count). The highest BCUT2D eigenvalue weighted by Crippen LogP contribution is 2.20. The minimum Gasteiger partial charge on any atom is -0.457 e. The van der Waals surface area contributed by atoms with Crippen molar-refractivity contribution >= 4 is 11.7 Å². The zero-order valence-electron chi connectivity index (χ0n) is 16.0. The molecule has 0 aliphatic heterocycles. The van der Waals surface area contributed by atoms with E-state index in [4.69, 9.17) is 4.74 Å². The molecule has 0 atom stereocenters. The lowest BCUT2D eigenvalue weighted by molar-refractivity contribution is -0.384. The number of non-ortho nitro benzene ring substituents is 1. The molecule has 28 heavy (non-hydrogen) atoms. The van der Waals surface area contributed by atoms with Gasteiger partial charge in [-0.25, -0.2) is 9.48 Å². The van der Waals surface area contributed by atoms with Crippen LogP contribution in [0.2, 0.25) is 0 Å². The van der Waals surface area contributed by atoms with Gasteiger partial charge in [0.2, 0.25) is 0 Å². The van der Waals surface area contributed by atoms with Gasteiger partial charge in [0.15, 0.2) is 0 Å². The van der Waals surface area contributed by atoms with Crippen LogP contribution in [0.4, 0.5) is 5.69 Å². The van der Waals surface area contributed by atoms with Gasteiger partial charge in [-0.05, 0) is 61.7 Å². The number of esters is 1. The summed E-state index contributed by atoms with van der Waals surface area (Å²) in [5.74, 6) is -0.461. The monoisotopic (exact) mass is 379 g/mol. The lowest BCUT2D eigenvalue weighted by Crippen LogP contribution is -2.07. The summed E-state index contributed by atoms with van der Waals surface area (Å²) in [6.07, 6.45) is 0.897. The van der Waals surface area contributed by atoms with Gasteiger partial charge >= 0.3 is 5.97 Å². The van der Waals surface area contributed by atoms with Crippen molar-refractivity contribution in [2.24, 2.45) is 0 Å². The van der Waals surface area contributed by atoms with E-state index in [1.54, 1.807) is 30.3 Å². The Morgan fingerprint density at radius 2 is 1.89 bits per heavy atom. The van der Waals surface area contributed by atoms with Gasteiger partial charge in [-0.2, -0.15) is 5.10 Å². The summed E-state index contributed by atoms with van der Waals surface area (Å²) in [6.45, 7) is 6.12. The molecule has 0 fully saturated rings. The van der Waals surface area contributed by atoms with Crippen molar-refractivity contribution in [2.75, 3.05) is 0 Å². The Hall–Kier alpha value is -3.48. The van der Waals surface area contributed by atoms with Crippen LogP contribution in [0, 0.1) is 24.0 Å². The molecular formula is C21H21N3O4. The second-order valence-corrected chi connectivity index (χ2v) is 6.46. The highest BCUT2D eigenvalue weighted by Gasteiger charge is 2.14. The van der Waals surface area contributed by atoms with Gasteiger partial charge in [0.05, 0.1) is 21.9 Å². The topological polar surface area (TPSA) is 87.3 Å². The first kappa shape index (κ1) is 19.3. The van der Waals surface area contributed by atoms with Crippen molar-refractivity contribution in [3.8, 4) is 5.69 Å². The van der Waals surface area contributed by atoms with Crippen LogP contribution in [0.25, 0.3) is 5.69 Å². The number of hydrogen-bond donors (Lipinski definition) is 0. The highest BCUT2D eigenvalue weighted by atomic mass is 16.6. The van der Waals surface area contributed by atoms with Crippen molar-refractivity contribution in [2.45, 2.75) is 33.8 Å². The molecule has 144 valence electrons. The Morgan fingerprint density at radius 3 is 2.50 bits per heavy atom. The quantitative estimate of drug-likeness (QED) is 0.362. The summed E-state index contributed by atoms with van der Waals surface area (Å²) in [7, 11) is 0. The predicted molar refractivity (Wildman–Crippen MR) is 105 cm³/mol. The Kier molecular flexibility index (Phi) is 5.54. The molecule has 0 saturated carbocycles. The number of carbonyl (C=O) groups is 1. The molecule has 3 aromatic rings. The molecule has 0 N–H and O–H groups in total. The first-order valence-electron chi connectivity index (χ1n) is 8.96. The lowest BCUT2D eigenvalue weighted by Gasteiger charge is -2.08. The minimum atomic E-state index is -0.468. The minimum absolute atomic E-state index is 0.000822. The van der Waals surface area contributed by atoms with Crippen molar-refractivity contribution in [1.82, 2.24) is 9.78 Å². The molecule has 2 aromatic carbocycles. The third-order valence-corrected chi connectivity index (χ3v) is 4.64.